The molecule has 0 saturated heterocycles. The van der Waals surface area contributed by atoms with E-state index < -0.39 is 0 Å². The number of benzene rings is 2. The molecule has 2 rings (SSSR count). The molecule has 0 radical (unpaired) electrons. The molecule has 0 aromatic heterocycles. The van der Waals surface area contributed by atoms with Gasteiger partial charge in [0.05, 0.1) is 6.54 Å². The highest BCUT2D eigenvalue weighted by atomic mass is 35.5. The molecule has 2 aromatic rings. The van der Waals surface area contributed by atoms with E-state index in [9.17, 15) is 9.59 Å². The van der Waals surface area contributed by atoms with E-state index in [1.54, 1.807) is 24.3 Å². The minimum absolute atomic E-state index is 0.1000. The molecule has 0 fully saturated rings. The molecule has 2 N–H and O–H groups in total. The Morgan fingerprint density at radius 3 is 2.50 bits per heavy atom. The van der Waals surface area contributed by atoms with Crippen LogP contribution < -0.4 is 10.6 Å². The Labute approximate surface area is 147 Å². The van der Waals surface area contributed by atoms with Crippen LogP contribution in [0.15, 0.2) is 42.5 Å². The fraction of sp³-hybridized carbons (Fsp3) is 0.263. The maximum atomic E-state index is 12.2. The third-order valence-electron chi connectivity index (χ3n) is 3.69. The summed E-state index contributed by atoms with van der Waals surface area (Å²) in [4.78, 5) is 24.2. The predicted octanol–water partition coefficient (Wildman–Crippen LogP) is 4.14. The molecule has 0 aliphatic heterocycles. The molecule has 0 atom stereocenters. The van der Waals surface area contributed by atoms with Gasteiger partial charge in [0.25, 0.3) is 5.91 Å². The number of rotatable bonds is 5. The number of para-hydroxylation sites is 1. The van der Waals surface area contributed by atoms with Gasteiger partial charge in [-0.2, -0.15) is 0 Å². The van der Waals surface area contributed by atoms with Crippen molar-refractivity contribution in [3.05, 3.63) is 64.2 Å². The average molecular weight is 345 g/mol. The quantitative estimate of drug-likeness (QED) is 0.856. The number of amides is 2. The van der Waals surface area contributed by atoms with Crippen molar-refractivity contribution in [2.45, 2.75) is 26.7 Å². The molecule has 2 aromatic carbocycles. The van der Waals surface area contributed by atoms with Crippen molar-refractivity contribution in [3.63, 3.8) is 0 Å². The van der Waals surface area contributed by atoms with Crippen molar-refractivity contribution in [3.8, 4) is 0 Å². The predicted molar refractivity (Wildman–Crippen MR) is 97.7 cm³/mol. The van der Waals surface area contributed by atoms with Gasteiger partial charge in [0.2, 0.25) is 5.91 Å². The topological polar surface area (TPSA) is 58.2 Å². The molecular formula is C19H21ClN2O2. The summed E-state index contributed by atoms with van der Waals surface area (Å²) < 4.78 is 0. The molecule has 4 nitrogen and oxygen atoms in total. The van der Waals surface area contributed by atoms with Crippen LogP contribution in [0.25, 0.3) is 0 Å². The van der Waals surface area contributed by atoms with E-state index in [1.165, 1.54) is 0 Å². The lowest BCUT2D eigenvalue weighted by Gasteiger charge is -2.16. The van der Waals surface area contributed by atoms with Gasteiger partial charge in [-0.1, -0.05) is 49.7 Å². The summed E-state index contributed by atoms with van der Waals surface area (Å²) in [5.41, 5.74) is 3.31. The van der Waals surface area contributed by atoms with E-state index in [0.29, 0.717) is 16.5 Å². The SMILES string of the molecule is Cc1cccc(C(C)C)c1NC(=O)CNC(=O)c1cccc(Cl)c1. The molecule has 0 spiro atoms. The standard InChI is InChI=1S/C19H21ClN2O2/c1-12(2)16-9-4-6-13(3)18(16)22-17(23)11-21-19(24)14-7-5-8-15(20)10-14/h4-10,12H,11H2,1-3H3,(H,21,24)(H,22,23). The molecule has 0 unspecified atom stereocenters. The van der Waals surface area contributed by atoms with E-state index in [1.807, 2.05) is 25.1 Å². The summed E-state index contributed by atoms with van der Waals surface area (Å²) in [7, 11) is 0. The fourth-order valence-corrected chi connectivity index (χ4v) is 2.61. The van der Waals surface area contributed by atoms with Gasteiger partial charge in [0.1, 0.15) is 0 Å². The van der Waals surface area contributed by atoms with Gasteiger partial charge in [0, 0.05) is 16.3 Å². The lowest BCUT2D eigenvalue weighted by atomic mass is 9.98. The van der Waals surface area contributed by atoms with Crippen LogP contribution in [0.2, 0.25) is 5.02 Å². The number of aryl methyl sites for hydroxylation is 1. The summed E-state index contributed by atoms with van der Waals surface area (Å²) >= 11 is 5.86. The number of halogens is 1. The minimum atomic E-state index is -0.332. The molecule has 0 saturated carbocycles. The third-order valence-corrected chi connectivity index (χ3v) is 3.92. The summed E-state index contributed by atoms with van der Waals surface area (Å²) in [6, 6.07) is 12.5. The lowest BCUT2D eigenvalue weighted by Crippen LogP contribution is -2.33. The molecule has 0 aliphatic rings. The van der Waals surface area contributed by atoms with E-state index in [4.69, 9.17) is 11.6 Å². The Kier molecular flexibility index (Phi) is 5.99. The van der Waals surface area contributed by atoms with E-state index >= 15 is 0 Å². The summed E-state index contributed by atoms with van der Waals surface area (Å²) in [6.45, 7) is 6.00. The molecule has 0 heterocycles. The van der Waals surface area contributed by atoms with Crippen LogP contribution in [0.1, 0.15) is 41.3 Å². The van der Waals surface area contributed by atoms with Crippen LogP contribution in [0, 0.1) is 6.92 Å². The lowest BCUT2D eigenvalue weighted by molar-refractivity contribution is -0.115. The van der Waals surface area contributed by atoms with Crippen LogP contribution >= 0.6 is 11.6 Å². The summed E-state index contributed by atoms with van der Waals surface area (Å²) in [5, 5.41) is 5.98. The van der Waals surface area contributed by atoms with E-state index in [2.05, 4.69) is 24.5 Å². The normalized spacial score (nSPS) is 10.5. The highest BCUT2D eigenvalue weighted by molar-refractivity contribution is 6.31. The number of hydrogen-bond donors (Lipinski definition) is 2. The second-order valence-corrected chi connectivity index (χ2v) is 6.37. The Balaban J connectivity index is 2.01. The van der Waals surface area contributed by atoms with Crippen molar-refractivity contribution >= 4 is 29.1 Å². The van der Waals surface area contributed by atoms with Gasteiger partial charge in [-0.3, -0.25) is 9.59 Å². The van der Waals surface area contributed by atoms with Crippen LogP contribution in [-0.2, 0) is 4.79 Å². The van der Waals surface area contributed by atoms with Gasteiger partial charge in [-0.25, -0.2) is 0 Å². The van der Waals surface area contributed by atoms with Gasteiger partial charge in [0.15, 0.2) is 0 Å². The fourth-order valence-electron chi connectivity index (χ4n) is 2.42. The van der Waals surface area contributed by atoms with Gasteiger partial charge >= 0.3 is 0 Å². The number of carbonyl (C=O) groups excluding carboxylic acids is 2. The number of anilines is 1. The first-order valence-electron chi connectivity index (χ1n) is 7.81. The van der Waals surface area contributed by atoms with Crippen molar-refractivity contribution in [2.24, 2.45) is 0 Å². The Morgan fingerprint density at radius 1 is 1.12 bits per heavy atom. The second-order valence-electron chi connectivity index (χ2n) is 5.94. The summed E-state index contributed by atoms with van der Waals surface area (Å²) in [5.74, 6) is -0.302. The molecule has 24 heavy (non-hydrogen) atoms. The second kappa shape index (κ2) is 7.97. The highest BCUT2D eigenvalue weighted by Crippen LogP contribution is 2.27. The van der Waals surface area contributed by atoms with Crippen molar-refractivity contribution in [2.75, 3.05) is 11.9 Å². The molecule has 2 amide bonds. The van der Waals surface area contributed by atoms with Gasteiger partial charge in [-0.15, -0.1) is 0 Å². The zero-order valence-electron chi connectivity index (χ0n) is 14.0. The third kappa shape index (κ3) is 4.59. The molecule has 5 heteroatoms. The molecule has 126 valence electrons. The van der Waals surface area contributed by atoms with Crippen molar-refractivity contribution < 1.29 is 9.59 Å². The molecule has 0 bridgehead atoms. The average Bonchev–Trinajstić information content (AvgIpc) is 2.54. The van der Waals surface area contributed by atoms with Gasteiger partial charge in [-0.05, 0) is 42.2 Å². The number of hydrogen-bond acceptors (Lipinski definition) is 2. The first-order valence-corrected chi connectivity index (χ1v) is 8.19. The Hall–Kier alpha value is -2.33. The smallest absolute Gasteiger partial charge is 0.251 e. The van der Waals surface area contributed by atoms with Crippen LogP contribution in [0.5, 0.6) is 0 Å². The molecule has 0 aliphatic carbocycles. The van der Waals surface area contributed by atoms with Crippen LogP contribution in [-0.4, -0.2) is 18.4 Å². The maximum Gasteiger partial charge on any atom is 0.251 e. The minimum Gasteiger partial charge on any atom is -0.343 e. The van der Waals surface area contributed by atoms with E-state index in [0.717, 1.165) is 16.8 Å². The van der Waals surface area contributed by atoms with Gasteiger partial charge < -0.3 is 10.6 Å². The highest BCUT2D eigenvalue weighted by Gasteiger charge is 2.13. The first-order chi connectivity index (χ1) is 11.4. The number of nitrogens with one attached hydrogen (secondary N) is 2. The number of carbonyl (C=O) groups is 2. The zero-order chi connectivity index (χ0) is 17.7. The summed E-state index contributed by atoms with van der Waals surface area (Å²) in [6.07, 6.45) is 0. The zero-order valence-corrected chi connectivity index (χ0v) is 14.8. The monoisotopic (exact) mass is 344 g/mol. The Morgan fingerprint density at radius 2 is 1.83 bits per heavy atom. The Bertz CT molecular complexity index is 757. The van der Waals surface area contributed by atoms with E-state index in [-0.39, 0.29) is 18.4 Å². The van der Waals surface area contributed by atoms with Crippen LogP contribution in [0.4, 0.5) is 5.69 Å². The van der Waals surface area contributed by atoms with Crippen molar-refractivity contribution in [1.29, 1.82) is 0 Å². The van der Waals surface area contributed by atoms with Crippen molar-refractivity contribution in [1.82, 2.24) is 5.32 Å². The molecular weight excluding hydrogens is 324 g/mol. The largest absolute Gasteiger partial charge is 0.343 e. The maximum absolute atomic E-state index is 12.2. The van der Waals surface area contributed by atoms with Crippen LogP contribution in [0.3, 0.4) is 0 Å². The first kappa shape index (κ1) is 18.0.